The van der Waals surface area contributed by atoms with Gasteiger partial charge >= 0.3 is 0 Å². The highest BCUT2D eigenvalue weighted by Gasteiger charge is 2.08. The summed E-state index contributed by atoms with van der Waals surface area (Å²) < 4.78 is 5.75. The maximum atomic E-state index is 6.16. The molecule has 0 heterocycles. The van der Waals surface area contributed by atoms with E-state index < -0.39 is 0 Å². The van der Waals surface area contributed by atoms with Gasteiger partial charge in [-0.3, -0.25) is 0 Å². The number of benzene rings is 2. The summed E-state index contributed by atoms with van der Waals surface area (Å²) in [5.74, 6) is 0.816. The van der Waals surface area contributed by atoms with E-state index in [1.54, 1.807) is 0 Å². The third-order valence-electron chi connectivity index (χ3n) is 3.51. The van der Waals surface area contributed by atoms with Crippen LogP contribution in [0.4, 0.5) is 0 Å². The minimum absolute atomic E-state index is 0.207. The topological polar surface area (TPSA) is 21.3 Å². The van der Waals surface area contributed by atoms with Crippen molar-refractivity contribution in [2.24, 2.45) is 0 Å². The van der Waals surface area contributed by atoms with E-state index in [0.29, 0.717) is 11.6 Å². The van der Waals surface area contributed by atoms with E-state index in [1.165, 1.54) is 5.56 Å². The van der Waals surface area contributed by atoms with Gasteiger partial charge in [0.2, 0.25) is 0 Å². The standard InChI is InChI=1S/C18H20Cl2NO/c1-21-16(13-22-17-11-9-15(19)10-12-17)7-4-6-14-5-2-3-8-18(14)20/h2-3,5,8-12,16,21H,1,4,6-7,13H2. The van der Waals surface area contributed by atoms with Crippen molar-refractivity contribution in [3.05, 3.63) is 71.2 Å². The molecule has 0 saturated heterocycles. The van der Waals surface area contributed by atoms with Crippen LogP contribution in [0.5, 0.6) is 5.75 Å². The molecule has 0 aromatic heterocycles. The van der Waals surface area contributed by atoms with Gasteiger partial charge < -0.3 is 10.1 Å². The molecule has 0 bridgehead atoms. The van der Waals surface area contributed by atoms with Gasteiger partial charge in [-0.25, -0.2) is 0 Å². The van der Waals surface area contributed by atoms with Gasteiger partial charge in [0.1, 0.15) is 12.4 Å². The molecular weight excluding hydrogens is 317 g/mol. The number of nitrogens with one attached hydrogen (secondary N) is 1. The molecular formula is C18H20Cl2NO. The fourth-order valence-electron chi connectivity index (χ4n) is 2.21. The molecule has 0 spiro atoms. The average molecular weight is 337 g/mol. The monoisotopic (exact) mass is 336 g/mol. The van der Waals surface area contributed by atoms with E-state index in [1.807, 2.05) is 42.5 Å². The van der Waals surface area contributed by atoms with Crippen molar-refractivity contribution in [2.45, 2.75) is 25.3 Å². The lowest BCUT2D eigenvalue weighted by Gasteiger charge is -2.17. The Morgan fingerprint density at radius 3 is 2.45 bits per heavy atom. The first-order valence-corrected chi connectivity index (χ1v) is 8.09. The van der Waals surface area contributed by atoms with Crippen LogP contribution in [0.25, 0.3) is 0 Å². The molecule has 0 aliphatic rings. The maximum absolute atomic E-state index is 6.16. The lowest BCUT2D eigenvalue weighted by molar-refractivity contribution is 0.265. The molecule has 22 heavy (non-hydrogen) atoms. The fraction of sp³-hybridized carbons (Fsp3) is 0.278. The normalized spacial score (nSPS) is 12.1. The summed E-state index contributed by atoms with van der Waals surface area (Å²) in [6.07, 6.45) is 2.96. The van der Waals surface area contributed by atoms with Gasteiger partial charge in [0.25, 0.3) is 0 Å². The van der Waals surface area contributed by atoms with Crippen LogP contribution in [0.3, 0.4) is 0 Å². The molecule has 2 nitrogen and oxygen atoms in total. The van der Waals surface area contributed by atoms with Crippen molar-refractivity contribution in [1.29, 1.82) is 0 Å². The molecule has 2 aromatic carbocycles. The van der Waals surface area contributed by atoms with E-state index >= 15 is 0 Å². The van der Waals surface area contributed by atoms with Crippen LogP contribution in [0.2, 0.25) is 10.0 Å². The van der Waals surface area contributed by atoms with Crippen LogP contribution in [0.15, 0.2) is 48.5 Å². The van der Waals surface area contributed by atoms with Crippen LogP contribution < -0.4 is 10.1 Å². The van der Waals surface area contributed by atoms with Crippen LogP contribution in [-0.2, 0) is 6.42 Å². The highest BCUT2D eigenvalue weighted by molar-refractivity contribution is 6.31. The molecule has 1 atom stereocenters. The third-order valence-corrected chi connectivity index (χ3v) is 4.13. The zero-order chi connectivity index (χ0) is 15.8. The van der Waals surface area contributed by atoms with Gasteiger partial charge in [-0.05, 0) is 55.2 Å². The molecule has 2 rings (SSSR count). The maximum Gasteiger partial charge on any atom is 0.119 e. The van der Waals surface area contributed by atoms with Crippen molar-refractivity contribution < 1.29 is 4.74 Å². The Morgan fingerprint density at radius 2 is 1.77 bits per heavy atom. The summed E-state index contributed by atoms with van der Waals surface area (Å²) in [4.78, 5) is 0. The highest BCUT2D eigenvalue weighted by Crippen LogP contribution is 2.18. The summed E-state index contributed by atoms with van der Waals surface area (Å²) in [5, 5.41) is 4.59. The SMILES string of the molecule is [CH2]NC(CCCc1ccccc1Cl)COc1ccc(Cl)cc1. The van der Waals surface area contributed by atoms with Gasteiger partial charge in [0.15, 0.2) is 0 Å². The molecule has 4 heteroatoms. The molecule has 0 saturated carbocycles. The second-order valence-electron chi connectivity index (χ2n) is 5.15. The number of ether oxygens (including phenoxy) is 1. The van der Waals surface area contributed by atoms with Gasteiger partial charge in [-0.15, -0.1) is 0 Å². The number of halogens is 2. The fourth-order valence-corrected chi connectivity index (χ4v) is 2.57. The molecule has 2 aromatic rings. The van der Waals surface area contributed by atoms with Crippen molar-refractivity contribution in [3.63, 3.8) is 0 Å². The predicted molar refractivity (Wildman–Crippen MR) is 93.6 cm³/mol. The quantitative estimate of drug-likeness (QED) is 0.720. The van der Waals surface area contributed by atoms with E-state index in [-0.39, 0.29) is 6.04 Å². The molecule has 0 amide bonds. The zero-order valence-electron chi connectivity index (χ0n) is 12.4. The Morgan fingerprint density at radius 1 is 1.05 bits per heavy atom. The van der Waals surface area contributed by atoms with Crippen molar-refractivity contribution in [1.82, 2.24) is 5.32 Å². The molecule has 1 unspecified atom stereocenters. The molecule has 1 radical (unpaired) electrons. The van der Waals surface area contributed by atoms with Gasteiger partial charge in [0, 0.05) is 23.1 Å². The third kappa shape index (κ3) is 5.53. The smallest absolute Gasteiger partial charge is 0.119 e. The number of hydrogen-bond acceptors (Lipinski definition) is 2. The Hall–Kier alpha value is -1.22. The van der Waals surface area contributed by atoms with Crippen molar-refractivity contribution in [2.75, 3.05) is 6.61 Å². The van der Waals surface area contributed by atoms with E-state index in [9.17, 15) is 0 Å². The summed E-state index contributed by atoms with van der Waals surface area (Å²) in [6.45, 7) is 0.577. The van der Waals surface area contributed by atoms with E-state index in [4.69, 9.17) is 27.9 Å². The van der Waals surface area contributed by atoms with E-state index in [0.717, 1.165) is 30.0 Å². The minimum Gasteiger partial charge on any atom is -0.492 e. The van der Waals surface area contributed by atoms with Gasteiger partial charge in [-0.1, -0.05) is 41.4 Å². The molecule has 0 aliphatic carbocycles. The first-order valence-electron chi connectivity index (χ1n) is 7.33. The minimum atomic E-state index is 0.207. The van der Waals surface area contributed by atoms with Crippen LogP contribution in [0.1, 0.15) is 18.4 Å². The Bertz CT molecular complexity index is 572. The van der Waals surface area contributed by atoms with Gasteiger partial charge in [0.05, 0.1) is 0 Å². The molecule has 0 fully saturated rings. The van der Waals surface area contributed by atoms with E-state index in [2.05, 4.69) is 18.4 Å². The van der Waals surface area contributed by atoms with Crippen LogP contribution in [-0.4, -0.2) is 12.6 Å². The number of aryl methyl sites for hydroxylation is 1. The summed E-state index contributed by atoms with van der Waals surface area (Å²) in [7, 11) is 3.78. The summed E-state index contributed by atoms with van der Waals surface area (Å²) >= 11 is 12.0. The molecule has 117 valence electrons. The largest absolute Gasteiger partial charge is 0.492 e. The Labute approximate surface area is 142 Å². The average Bonchev–Trinajstić information content (AvgIpc) is 2.54. The summed E-state index contributed by atoms with van der Waals surface area (Å²) in [6, 6.07) is 15.5. The second kappa shape index (κ2) is 9.04. The number of hydrogen-bond donors (Lipinski definition) is 1. The van der Waals surface area contributed by atoms with Crippen LogP contribution >= 0.6 is 23.2 Å². The first-order chi connectivity index (χ1) is 10.7. The Kier molecular flexibility index (Phi) is 7.04. The predicted octanol–water partition coefficient (Wildman–Crippen LogP) is 5.14. The molecule has 1 N–H and O–H groups in total. The Balaban J connectivity index is 1.75. The molecule has 0 aliphatic heterocycles. The lowest BCUT2D eigenvalue weighted by Crippen LogP contribution is -2.30. The highest BCUT2D eigenvalue weighted by atomic mass is 35.5. The zero-order valence-corrected chi connectivity index (χ0v) is 13.9. The lowest BCUT2D eigenvalue weighted by atomic mass is 10.1. The van der Waals surface area contributed by atoms with Crippen LogP contribution in [0, 0.1) is 7.05 Å². The van der Waals surface area contributed by atoms with Crippen molar-refractivity contribution in [3.8, 4) is 5.75 Å². The summed E-state index contributed by atoms with van der Waals surface area (Å²) in [5.41, 5.74) is 1.19. The number of rotatable bonds is 8. The van der Waals surface area contributed by atoms with Gasteiger partial charge in [-0.2, -0.15) is 0 Å². The van der Waals surface area contributed by atoms with Crippen molar-refractivity contribution >= 4 is 23.2 Å². The second-order valence-corrected chi connectivity index (χ2v) is 5.99. The first kappa shape index (κ1) is 17.1.